The molecule has 1 aliphatic heterocycles. The lowest BCUT2D eigenvalue weighted by Crippen LogP contribution is -2.37. The molecule has 8 heteroatoms. The highest BCUT2D eigenvalue weighted by molar-refractivity contribution is 5.55. The summed E-state index contributed by atoms with van der Waals surface area (Å²) in [5.41, 5.74) is 0.631. The average Bonchev–Trinajstić information content (AvgIpc) is 3.17. The maximum Gasteiger partial charge on any atom is 0.416 e. The molecule has 1 atom stereocenters. The number of hydrogen-bond acceptors (Lipinski definition) is 5. The van der Waals surface area contributed by atoms with Gasteiger partial charge < -0.3 is 9.26 Å². The molecular weight excluding hydrogens is 371 g/mol. The summed E-state index contributed by atoms with van der Waals surface area (Å²) >= 11 is 0. The van der Waals surface area contributed by atoms with Gasteiger partial charge in [0, 0.05) is 18.7 Å². The van der Waals surface area contributed by atoms with E-state index in [1.54, 1.807) is 0 Å². The van der Waals surface area contributed by atoms with Gasteiger partial charge in [-0.1, -0.05) is 47.6 Å². The van der Waals surface area contributed by atoms with Gasteiger partial charge in [-0.3, -0.25) is 4.90 Å². The minimum atomic E-state index is -4.41. The van der Waals surface area contributed by atoms with Crippen molar-refractivity contribution in [2.75, 3.05) is 19.7 Å². The first-order chi connectivity index (χ1) is 13.5. The quantitative estimate of drug-likeness (QED) is 0.665. The lowest BCUT2D eigenvalue weighted by Gasteiger charge is -2.32. The Bertz CT molecular complexity index is 928. The van der Waals surface area contributed by atoms with Gasteiger partial charge in [-0.05, 0) is 17.7 Å². The van der Waals surface area contributed by atoms with Gasteiger partial charge in [0.05, 0.1) is 24.8 Å². The molecule has 1 fully saturated rings. The van der Waals surface area contributed by atoms with Gasteiger partial charge in [-0.15, -0.1) is 0 Å². The highest BCUT2D eigenvalue weighted by Gasteiger charge is 2.31. The van der Waals surface area contributed by atoms with Crippen molar-refractivity contribution in [2.45, 2.75) is 18.8 Å². The van der Waals surface area contributed by atoms with Gasteiger partial charge in [0.25, 0.3) is 0 Å². The fourth-order valence-electron chi connectivity index (χ4n) is 3.18. The number of aromatic nitrogens is 2. The van der Waals surface area contributed by atoms with Gasteiger partial charge in [-0.2, -0.15) is 18.2 Å². The van der Waals surface area contributed by atoms with E-state index in [-0.39, 0.29) is 17.5 Å². The highest BCUT2D eigenvalue weighted by atomic mass is 19.4. The summed E-state index contributed by atoms with van der Waals surface area (Å²) in [6.45, 7) is 2.38. The zero-order valence-corrected chi connectivity index (χ0v) is 14.9. The van der Waals surface area contributed by atoms with Gasteiger partial charge >= 0.3 is 6.18 Å². The van der Waals surface area contributed by atoms with Crippen molar-refractivity contribution in [1.29, 1.82) is 0 Å². The van der Waals surface area contributed by atoms with E-state index >= 15 is 0 Å². The molecule has 1 saturated heterocycles. The van der Waals surface area contributed by atoms with Crippen LogP contribution in [0.3, 0.4) is 0 Å². The standard InChI is InChI=1S/C20H18F3N3O2/c21-20(22,23)16-8-4-7-15(11-16)19-24-18(28-25-19)13-26-9-10-27-17(12-26)14-5-2-1-3-6-14/h1-8,11,17H,9-10,12-13H2. The number of benzene rings is 2. The van der Waals surface area contributed by atoms with E-state index in [0.717, 1.165) is 17.7 Å². The molecule has 28 heavy (non-hydrogen) atoms. The lowest BCUT2D eigenvalue weighted by atomic mass is 10.1. The van der Waals surface area contributed by atoms with Crippen molar-refractivity contribution in [2.24, 2.45) is 0 Å². The summed E-state index contributed by atoms with van der Waals surface area (Å²) in [5, 5.41) is 3.84. The molecular formula is C20H18F3N3O2. The molecule has 0 aliphatic carbocycles. The lowest BCUT2D eigenvalue weighted by molar-refractivity contribution is -0.137. The molecule has 2 heterocycles. The second-order valence-corrected chi connectivity index (χ2v) is 6.60. The fraction of sp³-hybridized carbons (Fsp3) is 0.300. The van der Waals surface area contributed by atoms with Crippen LogP contribution in [0, 0.1) is 0 Å². The van der Waals surface area contributed by atoms with Crippen LogP contribution in [-0.2, 0) is 17.5 Å². The van der Waals surface area contributed by atoms with Gasteiger partial charge in [0.15, 0.2) is 0 Å². The van der Waals surface area contributed by atoms with Crippen LogP contribution in [-0.4, -0.2) is 34.7 Å². The van der Waals surface area contributed by atoms with E-state index in [9.17, 15) is 13.2 Å². The smallest absolute Gasteiger partial charge is 0.371 e. The van der Waals surface area contributed by atoms with E-state index in [2.05, 4.69) is 15.0 Å². The van der Waals surface area contributed by atoms with Crippen molar-refractivity contribution in [3.05, 3.63) is 71.6 Å². The third kappa shape index (κ3) is 4.23. The Balaban J connectivity index is 1.45. The predicted octanol–water partition coefficient (Wildman–Crippen LogP) is 4.33. The van der Waals surface area contributed by atoms with E-state index in [1.165, 1.54) is 12.1 Å². The van der Waals surface area contributed by atoms with Crippen LogP contribution in [0.25, 0.3) is 11.4 Å². The van der Waals surface area contributed by atoms with Crippen molar-refractivity contribution in [3.63, 3.8) is 0 Å². The third-order valence-electron chi connectivity index (χ3n) is 4.60. The number of alkyl halides is 3. The molecule has 2 aromatic carbocycles. The van der Waals surface area contributed by atoms with Crippen LogP contribution in [0.15, 0.2) is 59.1 Å². The zero-order valence-electron chi connectivity index (χ0n) is 14.9. The average molecular weight is 389 g/mol. The SMILES string of the molecule is FC(F)(F)c1cccc(-c2noc(CN3CCOC(c4ccccc4)C3)n2)c1. The van der Waals surface area contributed by atoms with Crippen LogP contribution in [0.4, 0.5) is 13.2 Å². The molecule has 0 saturated carbocycles. The molecule has 0 spiro atoms. The monoisotopic (exact) mass is 389 g/mol. The second kappa shape index (κ2) is 7.73. The number of nitrogens with zero attached hydrogens (tertiary/aromatic N) is 3. The Morgan fingerprint density at radius 2 is 1.89 bits per heavy atom. The van der Waals surface area contributed by atoms with Gasteiger partial charge in [0.2, 0.25) is 11.7 Å². The molecule has 0 radical (unpaired) electrons. The molecule has 0 N–H and O–H groups in total. The predicted molar refractivity (Wildman–Crippen MR) is 95.1 cm³/mol. The molecule has 0 bridgehead atoms. The number of morpholine rings is 1. The Morgan fingerprint density at radius 1 is 1.07 bits per heavy atom. The third-order valence-corrected chi connectivity index (χ3v) is 4.60. The summed E-state index contributed by atoms with van der Waals surface area (Å²) in [6.07, 6.45) is -4.45. The van der Waals surface area contributed by atoms with Gasteiger partial charge in [0.1, 0.15) is 0 Å². The van der Waals surface area contributed by atoms with E-state index in [4.69, 9.17) is 9.26 Å². The maximum absolute atomic E-state index is 12.9. The largest absolute Gasteiger partial charge is 0.416 e. The first kappa shape index (κ1) is 18.6. The first-order valence-electron chi connectivity index (χ1n) is 8.88. The highest BCUT2D eigenvalue weighted by Crippen LogP contribution is 2.31. The van der Waals surface area contributed by atoms with Crippen LogP contribution in [0.5, 0.6) is 0 Å². The molecule has 4 rings (SSSR count). The summed E-state index contributed by atoms with van der Waals surface area (Å²) in [4.78, 5) is 6.40. The van der Waals surface area contributed by atoms with Crippen LogP contribution >= 0.6 is 0 Å². The molecule has 1 aliphatic rings. The Kier molecular flexibility index (Phi) is 5.15. The molecule has 3 aromatic rings. The zero-order chi connectivity index (χ0) is 19.6. The molecule has 1 unspecified atom stereocenters. The minimum absolute atomic E-state index is 0.0409. The molecule has 0 amide bonds. The van der Waals surface area contributed by atoms with Crippen molar-refractivity contribution >= 4 is 0 Å². The molecule has 5 nitrogen and oxygen atoms in total. The topological polar surface area (TPSA) is 51.4 Å². The Labute approximate surface area is 159 Å². The number of rotatable bonds is 4. The first-order valence-corrected chi connectivity index (χ1v) is 8.88. The Hall–Kier alpha value is -2.71. The van der Waals surface area contributed by atoms with Crippen molar-refractivity contribution < 1.29 is 22.4 Å². The number of halogens is 3. The Morgan fingerprint density at radius 3 is 2.68 bits per heavy atom. The summed E-state index contributed by atoms with van der Waals surface area (Å²) in [6, 6.07) is 14.8. The second-order valence-electron chi connectivity index (χ2n) is 6.60. The van der Waals surface area contributed by atoms with E-state index in [0.29, 0.717) is 32.1 Å². The van der Waals surface area contributed by atoms with Crippen molar-refractivity contribution in [1.82, 2.24) is 15.0 Å². The number of hydrogen-bond donors (Lipinski definition) is 0. The van der Waals surface area contributed by atoms with Gasteiger partial charge in [-0.25, -0.2) is 0 Å². The number of ether oxygens (including phenoxy) is 1. The maximum atomic E-state index is 12.9. The van der Waals surface area contributed by atoms with E-state index < -0.39 is 11.7 Å². The molecule has 146 valence electrons. The van der Waals surface area contributed by atoms with Crippen LogP contribution in [0.2, 0.25) is 0 Å². The van der Waals surface area contributed by atoms with Crippen LogP contribution < -0.4 is 0 Å². The van der Waals surface area contributed by atoms with Crippen molar-refractivity contribution in [3.8, 4) is 11.4 Å². The normalized spacial score (nSPS) is 18.3. The summed E-state index contributed by atoms with van der Waals surface area (Å²) in [7, 11) is 0. The minimum Gasteiger partial charge on any atom is -0.371 e. The van der Waals surface area contributed by atoms with E-state index in [1.807, 2.05) is 30.3 Å². The fourth-order valence-corrected chi connectivity index (χ4v) is 3.18. The summed E-state index contributed by atoms with van der Waals surface area (Å²) < 4.78 is 49.8. The summed E-state index contributed by atoms with van der Waals surface area (Å²) in [5.74, 6) is 0.509. The molecule has 1 aromatic heterocycles. The van der Waals surface area contributed by atoms with Crippen LogP contribution in [0.1, 0.15) is 23.1 Å².